The molecule has 0 saturated heterocycles. The fourth-order valence-corrected chi connectivity index (χ4v) is 3.25. The lowest BCUT2D eigenvalue weighted by Gasteiger charge is -2.25. The molecule has 1 N–H and O–H groups in total. The van der Waals surface area contributed by atoms with Crippen LogP contribution in [0.25, 0.3) is 10.8 Å². The highest BCUT2D eigenvalue weighted by atomic mass is 35.5. The summed E-state index contributed by atoms with van der Waals surface area (Å²) >= 11 is 6.09. The van der Waals surface area contributed by atoms with Crippen molar-refractivity contribution >= 4 is 34.0 Å². The molecule has 1 aliphatic rings. The second kappa shape index (κ2) is 6.13. The molecule has 0 saturated carbocycles. The summed E-state index contributed by atoms with van der Waals surface area (Å²) in [5, 5.41) is 5.58. The first kappa shape index (κ1) is 15.0. The minimum absolute atomic E-state index is 0.0695. The number of hydrogen-bond donors (Lipinski definition) is 1. The monoisotopic (exact) mass is 338 g/mol. The van der Waals surface area contributed by atoms with E-state index in [2.05, 4.69) is 10.3 Å². The van der Waals surface area contributed by atoms with Crippen molar-refractivity contribution in [1.29, 1.82) is 0 Å². The van der Waals surface area contributed by atoms with Gasteiger partial charge in [-0.15, -0.1) is 0 Å². The summed E-state index contributed by atoms with van der Waals surface area (Å²) < 4.78 is 5.63. The van der Waals surface area contributed by atoms with Crippen molar-refractivity contribution in [3.63, 3.8) is 0 Å². The van der Waals surface area contributed by atoms with E-state index in [1.165, 1.54) is 0 Å². The summed E-state index contributed by atoms with van der Waals surface area (Å²) in [7, 11) is 0. The SMILES string of the molecule is O=C(Nc1cncc2ccccc12)[C@@H]1CCOc2ccc(Cl)cc21. The highest BCUT2D eigenvalue weighted by Gasteiger charge is 2.28. The third-order valence-corrected chi connectivity index (χ3v) is 4.49. The zero-order valence-electron chi connectivity index (χ0n) is 12.8. The Morgan fingerprint density at radius 2 is 2.08 bits per heavy atom. The molecule has 1 aliphatic heterocycles. The third-order valence-electron chi connectivity index (χ3n) is 4.25. The van der Waals surface area contributed by atoms with E-state index >= 15 is 0 Å². The number of aromatic nitrogens is 1. The highest BCUT2D eigenvalue weighted by Crippen LogP contribution is 2.36. The Morgan fingerprint density at radius 3 is 3.00 bits per heavy atom. The first-order valence-electron chi connectivity index (χ1n) is 7.78. The van der Waals surface area contributed by atoms with E-state index in [1.54, 1.807) is 18.5 Å². The van der Waals surface area contributed by atoms with Crippen molar-refractivity contribution in [2.45, 2.75) is 12.3 Å². The average molecular weight is 339 g/mol. The van der Waals surface area contributed by atoms with Crippen molar-refractivity contribution in [2.24, 2.45) is 0 Å². The van der Waals surface area contributed by atoms with Gasteiger partial charge in [0.1, 0.15) is 5.75 Å². The van der Waals surface area contributed by atoms with Gasteiger partial charge in [-0.05, 0) is 24.6 Å². The van der Waals surface area contributed by atoms with Gasteiger partial charge in [-0.3, -0.25) is 9.78 Å². The number of amides is 1. The lowest BCUT2D eigenvalue weighted by Crippen LogP contribution is -2.26. The first-order chi connectivity index (χ1) is 11.7. The second-order valence-corrected chi connectivity index (χ2v) is 6.21. The first-order valence-corrected chi connectivity index (χ1v) is 8.16. The molecule has 0 fully saturated rings. The van der Waals surface area contributed by atoms with Gasteiger partial charge in [0.05, 0.1) is 24.4 Å². The maximum absolute atomic E-state index is 12.8. The van der Waals surface area contributed by atoms with Crippen LogP contribution in [0, 0.1) is 0 Å². The molecule has 120 valence electrons. The van der Waals surface area contributed by atoms with Crippen molar-refractivity contribution in [2.75, 3.05) is 11.9 Å². The molecule has 0 spiro atoms. The zero-order chi connectivity index (χ0) is 16.5. The number of nitrogens with one attached hydrogen (secondary N) is 1. The number of hydrogen-bond acceptors (Lipinski definition) is 3. The van der Waals surface area contributed by atoms with E-state index in [0.29, 0.717) is 23.7 Å². The normalized spacial score (nSPS) is 16.3. The van der Waals surface area contributed by atoms with Crippen LogP contribution in [0.2, 0.25) is 5.02 Å². The minimum Gasteiger partial charge on any atom is -0.493 e. The number of fused-ring (bicyclic) bond motifs is 2. The molecule has 2 aromatic carbocycles. The number of benzene rings is 2. The van der Waals surface area contributed by atoms with E-state index < -0.39 is 0 Å². The van der Waals surface area contributed by atoms with Gasteiger partial charge >= 0.3 is 0 Å². The number of ether oxygens (including phenoxy) is 1. The van der Waals surface area contributed by atoms with Gasteiger partial charge in [0.25, 0.3) is 0 Å². The molecule has 1 atom stereocenters. The average Bonchev–Trinajstić information content (AvgIpc) is 2.61. The Hall–Kier alpha value is -2.59. The van der Waals surface area contributed by atoms with E-state index in [1.807, 2.05) is 36.4 Å². The molecular formula is C19H15ClN2O2. The van der Waals surface area contributed by atoms with Crippen LogP contribution in [0.15, 0.2) is 54.9 Å². The Morgan fingerprint density at radius 1 is 1.21 bits per heavy atom. The van der Waals surface area contributed by atoms with Gasteiger partial charge in [-0.1, -0.05) is 35.9 Å². The molecule has 24 heavy (non-hydrogen) atoms. The molecule has 2 heterocycles. The molecule has 1 amide bonds. The highest BCUT2D eigenvalue weighted by molar-refractivity contribution is 6.30. The van der Waals surface area contributed by atoms with Gasteiger partial charge in [0.2, 0.25) is 5.91 Å². The summed E-state index contributed by atoms with van der Waals surface area (Å²) in [6.07, 6.45) is 4.09. The maximum Gasteiger partial charge on any atom is 0.232 e. The molecule has 3 aromatic rings. The number of carbonyl (C=O) groups excluding carboxylic acids is 1. The van der Waals surface area contributed by atoms with Crippen LogP contribution < -0.4 is 10.1 Å². The number of pyridine rings is 1. The molecule has 0 unspecified atom stereocenters. The van der Waals surface area contributed by atoms with Crippen LogP contribution in [-0.2, 0) is 4.79 Å². The maximum atomic E-state index is 12.8. The number of halogens is 1. The van der Waals surface area contributed by atoms with E-state index in [4.69, 9.17) is 16.3 Å². The Bertz CT molecular complexity index is 921. The van der Waals surface area contributed by atoms with Crippen LogP contribution in [-0.4, -0.2) is 17.5 Å². The lowest BCUT2D eigenvalue weighted by atomic mass is 9.92. The van der Waals surface area contributed by atoms with Crippen molar-refractivity contribution in [1.82, 2.24) is 4.98 Å². The van der Waals surface area contributed by atoms with Crippen molar-refractivity contribution in [3.8, 4) is 5.75 Å². The Balaban J connectivity index is 1.67. The van der Waals surface area contributed by atoms with Gasteiger partial charge in [-0.2, -0.15) is 0 Å². The van der Waals surface area contributed by atoms with Crippen LogP contribution >= 0.6 is 11.6 Å². The Kier molecular flexibility index (Phi) is 3.82. The minimum atomic E-state index is -0.286. The Labute approximate surface area is 144 Å². The van der Waals surface area contributed by atoms with Crippen LogP contribution in [0.4, 0.5) is 5.69 Å². The molecule has 0 aliphatic carbocycles. The molecule has 0 radical (unpaired) electrons. The number of nitrogens with zero attached hydrogens (tertiary/aromatic N) is 1. The summed E-state index contributed by atoms with van der Waals surface area (Å²) in [4.78, 5) is 17.1. The van der Waals surface area contributed by atoms with Gasteiger partial charge < -0.3 is 10.1 Å². The molecule has 5 heteroatoms. The molecule has 0 bridgehead atoms. The molecule has 4 rings (SSSR count). The number of rotatable bonds is 2. The topological polar surface area (TPSA) is 51.2 Å². The van der Waals surface area contributed by atoms with E-state index in [9.17, 15) is 4.79 Å². The fraction of sp³-hybridized carbons (Fsp3) is 0.158. The summed E-state index contributed by atoms with van der Waals surface area (Å²) in [5.74, 6) is 0.369. The molecular weight excluding hydrogens is 324 g/mol. The predicted molar refractivity (Wildman–Crippen MR) is 94.7 cm³/mol. The zero-order valence-corrected chi connectivity index (χ0v) is 13.6. The van der Waals surface area contributed by atoms with Crippen LogP contribution in [0.1, 0.15) is 17.9 Å². The quantitative estimate of drug-likeness (QED) is 0.753. The van der Waals surface area contributed by atoms with Crippen LogP contribution in [0.5, 0.6) is 5.75 Å². The predicted octanol–water partition coefficient (Wildman–Crippen LogP) is 4.39. The van der Waals surface area contributed by atoms with Gasteiger partial charge in [0, 0.05) is 27.6 Å². The number of carbonyl (C=O) groups is 1. The largest absolute Gasteiger partial charge is 0.493 e. The summed E-state index contributed by atoms with van der Waals surface area (Å²) in [5.41, 5.74) is 1.55. The molecule has 1 aromatic heterocycles. The van der Waals surface area contributed by atoms with Crippen LogP contribution in [0.3, 0.4) is 0 Å². The summed E-state index contributed by atoms with van der Waals surface area (Å²) in [6, 6.07) is 13.2. The van der Waals surface area contributed by atoms with Gasteiger partial charge in [-0.25, -0.2) is 0 Å². The summed E-state index contributed by atoms with van der Waals surface area (Å²) in [6.45, 7) is 0.514. The standard InChI is InChI=1S/C19H15ClN2O2/c20-13-5-6-18-16(9-13)15(7-8-24-18)19(23)22-17-11-21-10-12-3-1-2-4-14(12)17/h1-6,9-11,15H,7-8H2,(H,22,23)/t15-/m1/s1. The van der Waals surface area contributed by atoms with E-state index in [-0.39, 0.29) is 11.8 Å². The van der Waals surface area contributed by atoms with E-state index in [0.717, 1.165) is 22.1 Å². The lowest BCUT2D eigenvalue weighted by molar-refractivity contribution is -0.118. The number of anilines is 1. The van der Waals surface area contributed by atoms with Crippen molar-refractivity contribution < 1.29 is 9.53 Å². The third kappa shape index (κ3) is 2.69. The van der Waals surface area contributed by atoms with Crippen molar-refractivity contribution in [3.05, 3.63) is 65.4 Å². The molecule has 4 nitrogen and oxygen atoms in total. The fourth-order valence-electron chi connectivity index (χ4n) is 3.07. The smallest absolute Gasteiger partial charge is 0.232 e. The van der Waals surface area contributed by atoms with Gasteiger partial charge in [0.15, 0.2) is 0 Å². The second-order valence-electron chi connectivity index (χ2n) is 5.77.